The first-order valence-electron chi connectivity index (χ1n) is 3.46. The van der Waals surface area contributed by atoms with Crippen LogP contribution in [0.4, 0.5) is 0 Å². The first-order chi connectivity index (χ1) is 5.70. The van der Waals surface area contributed by atoms with Crippen LogP contribution in [0.1, 0.15) is 0 Å². The summed E-state index contributed by atoms with van der Waals surface area (Å²) in [5, 5.41) is 5.93. The molecular weight excluding hydrogens is 239 g/mol. The van der Waals surface area contributed by atoms with Crippen molar-refractivity contribution in [3.63, 3.8) is 0 Å². The number of halogens is 2. The zero-order chi connectivity index (χ0) is 8.72. The smallest absolute Gasteiger partial charge is 0.0836 e. The molecule has 2 rings (SSSR count). The van der Waals surface area contributed by atoms with Gasteiger partial charge in [0.25, 0.3) is 0 Å². The van der Waals surface area contributed by atoms with Gasteiger partial charge in [-0.05, 0) is 28.1 Å². The molecule has 12 heavy (non-hydrogen) atoms. The second-order valence-corrected chi connectivity index (χ2v) is 3.77. The van der Waals surface area contributed by atoms with Crippen LogP contribution >= 0.6 is 27.5 Å². The van der Waals surface area contributed by atoms with E-state index in [1.165, 1.54) is 0 Å². The summed E-state index contributed by atoms with van der Waals surface area (Å²) in [6, 6.07) is 3.81. The van der Waals surface area contributed by atoms with Gasteiger partial charge in [-0.25, -0.2) is 0 Å². The van der Waals surface area contributed by atoms with E-state index in [0.29, 0.717) is 5.02 Å². The third-order valence-electron chi connectivity index (χ3n) is 1.79. The van der Waals surface area contributed by atoms with Gasteiger partial charge >= 0.3 is 0 Å². The maximum Gasteiger partial charge on any atom is 0.0836 e. The quantitative estimate of drug-likeness (QED) is 0.698. The second-order valence-electron chi connectivity index (χ2n) is 2.57. The molecule has 0 spiro atoms. The van der Waals surface area contributed by atoms with Crippen molar-refractivity contribution >= 4 is 38.4 Å². The van der Waals surface area contributed by atoms with Gasteiger partial charge in [0.1, 0.15) is 0 Å². The van der Waals surface area contributed by atoms with Gasteiger partial charge in [-0.2, -0.15) is 5.10 Å². The monoisotopic (exact) mass is 244 g/mol. The summed E-state index contributed by atoms with van der Waals surface area (Å²) in [6.45, 7) is 0. The molecule has 0 radical (unpaired) electrons. The molecule has 0 atom stereocenters. The van der Waals surface area contributed by atoms with Gasteiger partial charge in [0, 0.05) is 12.4 Å². The third kappa shape index (κ3) is 1.04. The topological polar surface area (TPSA) is 17.8 Å². The minimum atomic E-state index is 0.714. The lowest BCUT2D eigenvalue weighted by Gasteiger charge is -1.99. The summed E-state index contributed by atoms with van der Waals surface area (Å²) >= 11 is 9.35. The number of rotatable bonds is 0. The van der Waals surface area contributed by atoms with Crippen molar-refractivity contribution < 1.29 is 0 Å². The Morgan fingerprint density at radius 1 is 1.50 bits per heavy atom. The van der Waals surface area contributed by atoms with E-state index in [-0.39, 0.29) is 0 Å². The Bertz CT molecular complexity index is 436. The molecule has 0 N–H and O–H groups in total. The fourth-order valence-corrected chi connectivity index (χ4v) is 1.96. The van der Waals surface area contributed by atoms with E-state index in [9.17, 15) is 0 Å². The Morgan fingerprint density at radius 3 is 3.00 bits per heavy atom. The Kier molecular flexibility index (Phi) is 1.85. The predicted octanol–water partition coefficient (Wildman–Crippen LogP) is 2.99. The number of nitrogens with zero attached hydrogens (tertiary/aromatic N) is 2. The van der Waals surface area contributed by atoms with Gasteiger partial charge in [-0.3, -0.25) is 4.68 Å². The Labute approximate surface area is 83.3 Å². The largest absolute Gasteiger partial charge is 0.267 e. The van der Waals surface area contributed by atoms with Crippen molar-refractivity contribution in [1.29, 1.82) is 0 Å². The molecular formula is C8H6BrClN2. The van der Waals surface area contributed by atoms with Crippen molar-refractivity contribution in [2.24, 2.45) is 7.05 Å². The van der Waals surface area contributed by atoms with Crippen molar-refractivity contribution in [3.8, 4) is 0 Å². The molecule has 0 aliphatic rings. The van der Waals surface area contributed by atoms with Crippen LogP contribution < -0.4 is 0 Å². The zero-order valence-electron chi connectivity index (χ0n) is 6.38. The van der Waals surface area contributed by atoms with Crippen LogP contribution in [0.5, 0.6) is 0 Å². The highest BCUT2D eigenvalue weighted by atomic mass is 79.9. The van der Waals surface area contributed by atoms with Crippen molar-refractivity contribution in [1.82, 2.24) is 9.78 Å². The molecule has 0 unspecified atom stereocenters. The highest BCUT2D eigenvalue weighted by molar-refractivity contribution is 9.10. The maximum atomic E-state index is 5.93. The van der Waals surface area contributed by atoms with Crippen LogP contribution in [0.3, 0.4) is 0 Å². The Morgan fingerprint density at radius 2 is 2.25 bits per heavy atom. The van der Waals surface area contributed by atoms with Crippen LogP contribution in [-0.2, 0) is 7.05 Å². The molecule has 1 aromatic carbocycles. The summed E-state index contributed by atoms with van der Waals surface area (Å²) < 4.78 is 2.70. The number of fused-ring (bicyclic) bond motifs is 1. The lowest BCUT2D eigenvalue weighted by Crippen LogP contribution is -1.89. The normalized spacial score (nSPS) is 10.9. The van der Waals surface area contributed by atoms with Gasteiger partial charge < -0.3 is 0 Å². The Balaban J connectivity index is 2.96. The molecule has 0 bridgehead atoms. The first-order valence-corrected chi connectivity index (χ1v) is 4.63. The molecule has 1 heterocycles. The van der Waals surface area contributed by atoms with E-state index >= 15 is 0 Å². The van der Waals surface area contributed by atoms with Gasteiger partial charge in [0.15, 0.2) is 0 Å². The molecule has 0 amide bonds. The van der Waals surface area contributed by atoms with Gasteiger partial charge in [0.2, 0.25) is 0 Å². The first kappa shape index (κ1) is 8.08. The van der Waals surface area contributed by atoms with E-state index in [0.717, 1.165) is 15.4 Å². The summed E-state index contributed by atoms with van der Waals surface area (Å²) in [7, 11) is 1.89. The number of hydrogen-bond donors (Lipinski definition) is 0. The molecule has 2 nitrogen and oxygen atoms in total. The average molecular weight is 246 g/mol. The SMILES string of the molecule is Cn1ncc2ccc(Cl)c(Br)c21. The molecule has 0 saturated carbocycles. The van der Waals surface area contributed by atoms with Crippen molar-refractivity contribution in [3.05, 3.63) is 27.8 Å². The summed E-state index contributed by atoms with van der Waals surface area (Å²) in [5.74, 6) is 0. The lowest BCUT2D eigenvalue weighted by molar-refractivity contribution is 0.795. The number of aryl methyl sites for hydroxylation is 1. The molecule has 0 aliphatic carbocycles. The fraction of sp³-hybridized carbons (Fsp3) is 0.125. The van der Waals surface area contributed by atoms with Crippen LogP contribution in [0.25, 0.3) is 10.9 Å². The summed E-state index contributed by atoms with van der Waals surface area (Å²) in [5.41, 5.74) is 1.03. The second kappa shape index (κ2) is 2.75. The number of hydrogen-bond acceptors (Lipinski definition) is 1. The standard InChI is InChI=1S/C8H6BrClN2/c1-12-8-5(4-11-12)2-3-6(10)7(8)9/h2-4H,1H3. The highest BCUT2D eigenvalue weighted by Crippen LogP contribution is 2.30. The number of benzene rings is 1. The molecule has 62 valence electrons. The van der Waals surface area contributed by atoms with Crippen LogP contribution in [0.2, 0.25) is 5.02 Å². The molecule has 1 aromatic heterocycles. The van der Waals surface area contributed by atoms with E-state index in [1.54, 1.807) is 4.68 Å². The lowest BCUT2D eigenvalue weighted by atomic mass is 10.2. The van der Waals surface area contributed by atoms with Crippen LogP contribution in [0, 0.1) is 0 Å². The summed E-state index contributed by atoms with van der Waals surface area (Å²) in [6.07, 6.45) is 1.82. The highest BCUT2D eigenvalue weighted by Gasteiger charge is 2.06. The minimum absolute atomic E-state index is 0.714. The molecule has 0 aliphatic heterocycles. The average Bonchev–Trinajstić information content (AvgIpc) is 2.41. The zero-order valence-corrected chi connectivity index (χ0v) is 8.72. The Hall–Kier alpha value is -0.540. The maximum absolute atomic E-state index is 5.93. The molecule has 2 aromatic rings. The summed E-state index contributed by atoms with van der Waals surface area (Å²) in [4.78, 5) is 0. The van der Waals surface area contributed by atoms with Crippen LogP contribution in [-0.4, -0.2) is 9.78 Å². The third-order valence-corrected chi connectivity index (χ3v) is 3.14. The van der Waals surface area contributed by atoms with E-state index in [2.05, 4.69) is 21.0 Å². The van der Waals surface area contributed by atoms with E-state index in [4.69, 9.17) is 11.6 Å². The van der Waals surface area contributed by atoms with E-state index in [1.807, 2.05) is 25.4 Å². The van der Waals surface area contributed by atoms with Crippen LogP contribution in [0.15, 0.2) is 22.8 Å². The minimum Gasteiger partial charge on any atom is -0.267 e. The van der Waals surface area contributed by atoms with Crippen molar-refractivity contribution in [2.75, 3.05) is 0 Å². The van der Waals surface area contributed by atoms with E-state index < -0.39 is 0 Å². The fourth-order valence-electron chi connectivity index (χ4n) is 1.19. The molecule has 0 saturated heterocycles. The van der Waals surface area contributed by atoms with Crippen molar-refractivity contribution in [2.45, 2.75) is 0 Å². The van der Waals surface area contributed by atoms with Gasteiger partial charge in [-0.1, -0.05) is 11.6 Å². The van der Waals surface area contributed by atoms with Gasteiger partial charge in [-0.15, -0.1) is 0 Å². The van der Waals surface area contributed by atoms with Gasteiger partial charge in [0.05, 0.1) is 21.2 Å². The molecule has 4 heteroatoms. The number of aromatic nitrogens is 2. The molecule has 0 fully saturated rings. The predicted molar refractivity (Wildman–Crippen MR) is 53.4 cm³/mol.